The van der Waals surface area contributed by atoms with E-state index in [4.69, 9.17) is 5.73 Å². The lowest BCUT2D eigenvalue weighted by atomic mass is 9.90. The zero-order valence-electron chi connectivity index (χ0n) is 19.3. The Hall–Kier alpha value is -4.20. The molecule has 0 saturated carbocycles. The molecule has 6 nitrogen and oxygen atoms in total. The molecular weight excluding hydrogens is 472 g/mol. The van der Waals surface area contributed by atoms with Crippen molar-refractivity contribution in [2.75, 3.05) is 0 Å². The van der Waals surface area contributed by atoms with E-state index >= 15 is 0 Å². The molecule has 0 spiro atoms. The Labute approximate surface area is 209 Å². The Morgan fingerprint density at radius 1 is 0.806 bits per heavy atom. The van der Waals surface area contributed by atoms with Crippen LogP contribution in [-0.2, 0) is 16.4 Å². The van der Waals surface area contributed by atoms with Gasteiger partial charge in [0.25, 0.3) is 10.0 Å². The second kappa shape index (κ2) is 9.45. The highest BCUT2D eigenvalue weighted by molar-refractivity contribution is 7.90. The predicted octanol–water partition coefficient (Wildman–Crippen LogP) is 5.49. The number of aromatic nitrogens is 1. The Balaban J connectivity index is 1.78. The van der Waals surface area contributed by atoms with Crippen LogP contribution in [-0.4, -0.2) is 23.5 Å². The van der Waals surface area contributed by atoms with E-state index in [0.717, 1.165) is 15.1 Å². The van der Waals surface area contributed by atoms with Crippen molar-refractivity contribution in [1.29, 1.82) is 0 Å². The number of fused-ring (bicyclic) bond motifs is 1. The second-order valence-electron chi connectivity index (χ2n) is 8.51. The Bertz CT molecular complexity index is 1660. The van der Waals surface area contributed by atoms with Gasteiger partial charge in [-0.15, -0.1) is 0 Å². The van der Waals surface area contributed by atoms with Crippen LogP contribution in [0.25, 0.3) is 22.0 Å². The van der Waals surface area contributed by atoms with Crippen LogP contribution in [0.1, 0.15) is 27.7 Å². The number of carbonyl (C=O) groups is 1. The number of hydrogen-bond donors (Lipinski definition) is 2. The van der Waals surface area contributed by atoms with Crippen LogP contribution in [0.5, 0.6) is 0 Å². The molecular formula is C29H24N2O4S. The van der Waals surface area contributed by atoms with Crippen molar-refractivity contribution in [2.24, 2.45) is 5.73 Å². The number of benzene rings is 4. The normalized spacial score (nSPS) is 12.5. The number of para-hydroxylation sites is 1. The molecule has 0 radical (unpaired) electrons. The average Bonchev–Trinajstić information content (AvgIpc) is 3.26. The highest BCUT2D eigenvalue weighted by atomic mass is 32.2. The van der Waals surface area contributed by atoms with Crippen molar-refractivity contribution in [1.82, 2.24) is 3.97 Å². The summed E-state index contributed by atoms with van der Waals surface area (Å²) in [6.45, 7) is 0. The quantitative estimate of drug-likeness (QED) is 0.310. The maximum absolute atomic E-state index is 13.8. The molecule has 180 valence electrons. The lowest BCUT2D eigenvalue weighted by Crippen LogP contribution is -2.19. The lowest BCUT2D eigenvalue weighted by Gasteiger charge is -2.17. The molecule has 0 bridgehead atoms. The van der Waals surface area contributed by atoms with Gasteiger partial charge in [0, 0.05) is 17.0 Å². The molecule has 0 aliphatic carbocycles. The Morgan fingerprint density at radius 3 is 2.08 bits per heavy atom. The van der Waals surface area contributed by atoms with Gasteiger partial charge in [-0.25, -0.2) is 17.2 Å². The van der Waals surface area contributed by atoms with Crippen LogP contribution >= 0.6 is 0 Å². The molecule has 0 aliphatic heterocycles. The number of carboxylic acids is 1. The van der Waals surface area contributed by atoms with E-state index in [2.05, 4.69) is 0 Å². The standard InChI is InChI=1S/C29H24N2O4S/c30-25(19-20-11-3-1-4-12-20)22-15-7-8-16-23(22)27-24-17-9-10-18-26(24)31(28(27)29(32)33)36(34,35)21-13-5-2-6-14-21/h1-18,25H,19,30H2,(H,32,33)/t25-/m1/s1. The molecule has 3 N–H and O–H groups in total. The first-order chi connectivity index (χ1) is 17.4. The summed E-state index contributed by atoms with van der Waals surface area (Å²) in [6.07, 6.45) is 0.543. The molecule has 0 fully saturated rings. The van der Waals surface area contributed by atoms with Crippen LogP contribution in [0, 0.1) is 0 Å². The summed E-state index contributed by atoms with van der Waals surface area (Å²) in [5.74, 6) is -1.34. The monoisotopic (exact) mass is 496 g/mol. The first kappa shape index (κ1) is 23.5. The largest absolute Gasteiger partial charge is 0.477 e. The Kier molecular flexibility index (Phi) is 6.18. The van der Waals surface area contributed by atoms with Gasteiger partial charge in [-0.05, 0) is 41.3 Å². The van der Waals surface area contributed by atoms with E-state index in [0.29, 0.717) is 28.5 Å². The predicted molar refractivity (Wildman–Crippen MR) is 140 cm³/mol. The molecule has 0 saturated heterocycles. The number of aromatic carboxylic acids is 1. The number of rotatable bonds is 7. The van der Waals surface area contributed by atoms with Crippen molar-refractivity contribution in [3.05, 3.63) is 126 Å². The molecule has 36 heavy (non-hydrogen) atoms. The van der Waals surface area contributed by atoms with E-state index in [-0.39, 0.29) is 10.6 Å². The third kappa shape index (κ3) is 4.08. The molecule has 0 unspecified atom stereocenters. The summed E-state index contributed by atoms with van der Waals surface area (Å²) in [4.78, 5) is 12.7. The smallest absolute Gasteiger partial charge is 0.354 e. The Morgan fingerprint density at radius 2 is 1.39 bits per heavy atom. The van der Waals surface area contributed by atoms with Gasteiger partial charge in [0.05, 0.1) is 10.4 Å². The summed E-state index contributed by atoms with van der Waals surface area (Å²) < 4.78 is 28.4. The molecule has 5 aromatic rings. The third-order valence-corrected chi connectivity index (χ3v) is 7.97. The van der Waals surface area contributed by atoms with Crippen molar-refractivity contribution in [3.63, 3.8) is 0 Å². The highest BCUT2D eigenvalue weighted by Crippen LogP contribution is 2.40. The summed E-state index contributed by atoms with van der Waals surface area (Å²) in [7, 11) is -4.21. The molecule has 4 aromatic carbocycles. The fraction of sp³-hybridized carbons (Fsp3) is 0.0690. The van der Waals surface area contributed by atoms with Gasteiger partial charge in [0.1, 0.15) is 0 Å². The fourth-order valence-corrected chi connectivity index (χ4v) is 6.19. The molecule has 0 aliphatic rings. The van der Waals surface area contributed by atoms with Gasteiger partial charge in [-0.2, -0.15) is 0 Å². The zero-order valence-corrected chi connectivity index (χ0v) is 20.1. The van der Waals surface area contributed by atoms with Gasteiger partial charge >= 0.3 is 5.97 Å². The molecule has 5 rings (SSSR count). The minimum Gasteiger partial charge on any atom is -0.477 e. The molecule has 1 aromatic heterocycles. The maximum atomic E-state index is 13.8. The van der Waals surface area contributed by atoms with E-state index in [1.165, 1.54) is 12.1 Å². The average molecular weight is 497 g/mol. The van der Waals surface area contributed by atoms with Gasteiger partial charge in [0.2, 0.25) is 0 Å². The van der Waals surface area contributed by atoms with Crippen LogP contribution in [0.4, 0.5) is 0 Å². The SMILES string of the molecule is N[C@H](Cc1ccccc1)c1ccccc1-c1c(C(=O)O)n(S(=O)(=O)c2ccccc2)c2ccccc12. The fourth-order valence-electron chi connectivity index (χ4n) is 4.65. The summed E-state index contributed by atoms with van der Waals surface area (Å²) in [5, 5.41) is 10.9. The van der Waals surface area contributed by atoms with Gasteiger partial charge in [-0.3, -0.25) is 0 Å². The van der Waals surface area contributed by atoms with Crippen LogP contribution in [0.3, 0.4) is 0 Å². The zero-order chi connectivity index (χ0) is 25.3. The van der Waals surface area contributed by atoms with Crippen LogP contribution < -0.4 is 5.73 Å². The maximum Gasteiger partial charge on any atom is 0.354 e. The van der Waals surface area contributed by atoms with Gasteiger partial charge < -0.3 is 10.8 Å². The molecule has 1 heterocycles. The first-order valence-electron chi connectivity index (χ1n) is 11.5. The van der Waals surface area contributed by atoms with E-state index in [1.807, 2.05) is 42.5 Å². The molecule has 7 heteroatoms. The topological polar surface area (TPSA) is 102 Å². The van der Waals surface area contributed by atoms with E-state index in [1.54, 1.807) is 54.6 Å². The summed E-state index contributed by atoms with van der Waals surface area (Å²) in [6, 6.07) is 31.4. The van der Waals surface area contributed by atoms with Crippen molar-refractivity contribution in [3.8, 4) is 11.1 Å². The van der Waals surface area contributed by atoms with Crippen molar-refractivity contribution >= 4 is 26.9 Å². The molecule has 0 amide bonds. The number of nitrogens with two attached hydrogens (primary N) is 1. The van der Waals surface area contributed by atoms with Crippen molar-refractivity contribution in [2.45, 2.75) is 17.4 Å². The number of hydrogen-bond acceptors (Lipinski definition) is 4. The number of nitrogens with zero attached hydrogens (tertiary/aromatic N) is 1. The van der Waals surface area contributed by atoms with Crippen LogP contribution in [0.2, 0.25) is 0 Å². The van der Waals surface area contributed by atoms with Crippen LogP contribution in [0.15, 0.2) is 114 Å². The second-order valence-corrected chi connectivity index (χ2v) is 10.3. The minimum atomic E-state index is -4.21. The van der Waals surface area contributed by atoms with Crippen molar-refractivity contribution < 1.29 is 18.3 Å². The first-order valence-corrected chi connectivity index (χ1v) is 12.9. The summed E-state index contributed by atoms with van der Waals surface area (Å²) in [5.41, 5.74) is 9.33. The van der Waals surface area contributed by atoms with E-state index < -0.39 is 22.0 Å². The van der Waals surface area contributed by atoms with Gasteiger partial charge in [0.15, 0.2) is 5.69 Å². The number of carboxylic acid groups (broad SMARTS) is 1. The molecule has 1 atom stereocenters. The minimum absolute atomic E-state index is 0.00821. The highest BCUT2D eigenvalue weighted by Gasteiger charge is 2.32. The third-order valence-electron chi connectivity index (χ3n) is 6.24. The van der Waals surface area contributed by atoms with Gasteiger partial charge in [-0.1, -0.05) is 91.0 Å². The van der Waals surface area contributed by atoms with E-state index in [9.17, 15) is 18.3 Å². The summed E-state index contributed by atoms with van der Waals surface area (Å²) >= 11 is 0. The lowest BCUT2D eigenvalue weighted by molar-refractivity contribution is 0.0690.